The lowest BCUT2D eigenvalue weighted by Gasteiger charge is -2.31. The van der Waals surface area contributed by atoms with E-state index in [0.29, 0.717) is 28.7 Å². The first-order chi connectivity index (χ1) is 49.9. The van der Waals surface area contributed by atoms with E-state index in [1.807, 2.05) is 120 Å². The molecule has 17 nitrogen and oxygen atoms in total. The smallest absolute Gasteiger partial charge is 0.479 e. The number of carbonyl (C=O) groups is 6. The molecular weight excluding hydrogens is 1440 g/mol. The molecule has 3 aromatic carbocycles. The maximum Gasteiger partial charge on any atom is 0.488 e. The summed E-state index contributed by atoms with van der Waals surface area (Å²) in [5, 5.41) is 27.6. The summed E-state index contributed by atoms with van der Waals surface area (Å²) in [6.45, 7) is 47.6. The van der Waals surface area contributed by atoms with Crippen LogP contribution < -0.4 is 22.7 Å². The topological polar surface area (TPSA) is 287 Å². The lowest BCUT2D eigenvalue weighted by Crippen LogP contribution is -2.30. The molecule has 0 fully saturated rings. The highest BCUT2D eigenvalue weighted by atomic mass is 35.5. The quantitative estimate of drug-likeness (QED) is 0.0306. The summed E-state index contributed by atoms with van der Waals surface area (Å²) < 4.78 is 30.1. The summed E-state index contributed by atoms with van der Waals surface area (Å²) in [7, 11) is -1.57. The fourth-order valence-corrected chi connectivity index (χ4v) is 16.4. The second-order valence-corrected chi connectivity index (χ2v) is 38.0. The van der Waals surface area contributed by atoms with Crippen LogP contribution >= 0.6 is 45.6 Å². The van der Waals surface area contributed by atoms with E-state index in [4.69, 9.17) is 62.5 Å². The number of halogens is 1. The van der Waals surface area contributed by atoms with Crippen molar-refractivity contribution < 1.29 is 67.6 Å². The third-order valence-electron chi connectivity index (χ3n) is 17.9. The number of ether oxygens (including phenoxy) is 5. The summed E-state index contributed by atoms with van der Waals surface area (Å²) in [5.41, 5.74) is 27.4. The Kier molecular flexibility index (Phi) is 32.8. The van der Waals surface area contributed by atoms with Crippen LogP contribution in [-0.4, -0.2) is 87.9 Å². The molecule has 3 aliphatic rings. The SMILES string of the molecule is CC(C)C.CCOC(=O)C(OC(C)(C)C)c1c(C)sc(-c2cccc(C(N)=O)c2)c1C1=CCC(C)(C)CC1.CCOC(=O)C(OC(C)(C)C)c1c(C)sc(Cl)c1C1=CCC(C)(C)CC1.Cc1sc(-c2cccc(C(N)=O)c2)c(C2=CCC(C)(C)CC2)c1C(OC(C)(C)C)C(=O)O.NC(=O)c1cccc(B(O)O)c1. The minimum atomic E-state index is -1.57. The van der Waals surface area contributed by atoms with Gasteiger partial charge in [0.1, 0.15) is 4.34 Å². The molecule has 108 heavy (non-hydrogen) atoms. The van der Waals surface area contributed by atoms with Crippen LogP contribution in [-0.2, 0) is 38.1 Å². The number of primary amides is 3. The maximum absolute atomic E-state index is 13.2. The summed E-state index contributed by atoms with van der Waals surface area (Å²) in [6, 6.07) is 20.5. The van der Waals surface area contributed by atoms with E-state index >= 15 is 0 Å². The van der Waals surface area contributed by atoms with Crippen LogP contribution in [0.15, 0.2) is 91.0 Å². The number of esters is 2. The summed E-state index contributed by atoms with van der Waals surface area (Å²) in [5.74, 6) is -2.43. The van der Waals surface area contributed by atoms with Crippen molar-refractivity contribution in [3.63, 3.8) is 0 Å². The largest absolute Gasteiger partial charge is 0.488 e. The summed E-state index contributed by atoms with van der Waals surface area (Å²) in [4.78, 5) is 77.4. The zero-order chi connectivity index (χ0) is 81.5. The van der Waals surface area contributed by atoms with Crippen LogP contribution in [0.5, 0.6) is 0 Å². The Morgan fingerprint density at radius 1 is 0.500 bits per heavy atom. The van der Waals surface area contributed by atoms with Crippen molar-refractivity contribution in [2.45, 2.75) is 252 Å². The number of carbonyl (C=O) groups excluding carboxylic acids is 5. The molecule has 3 amide bonds. The van der Waals surface area contributed by atoms with Crippen molar-refractivity contribution in [2.24, 2.45) is 39.4 Å². The van der Waals surface area contributed by atoms with Gasteiger partial charge in [0, 0.05) is 74.5 Å². The van der Waals surface area contributed by atoms with Gasteiger partial charge in [-0.15, -0.1) is 34.0 Å². The predicted molar refractivity (Wildman–Crippen MR) is 444 cm³/mol. The molecule has 0 radical (unpaired) electrons. The molecule has 3 aromatic heterocycles. The van der Waals surface area contributed by atoms with Crippen LogP contribution in [0.2, 0.25) is 4.34 Å². The highest BCUT2D eigenvalue weighted by molar-refractivity contribution is 7.17. The lowest BCUT2D eigenvalue weighted by molar-refractivity contribution is -0.167. The number of carboxylic acids is 1. The standard InChI is InChI=1S/C28H37NO4S.C26H33NO4S.C21H31ClO3S.C7H8BNO3.C4H10/c1-8-32-26(31)23(33-27(3,4)5)21-17(2)34-24(19-10-9-11-20(16-19)25(29)30)22(21)18-12-14-28(6,7)15-13-18;1-15-19(21(24(29)30)31-25(2,3)4)20(16-10-12-26(5,6)13-11-16)22(32-15)17-8-7-9-18(14-17)23(27)28;1-8-24-19(23)17(25-20(3,4)5)15-13(2)26-18(22)16(15)14-9-11-21(6,7)12-10-14;9-7(10)5-2-1-3-6(4-5)8(11)12;1-4(2)3/h9-12,16,23H,8,13-15H2,1-7H3,(H2,29,30);7-10,14,21H,11-13H2,1-6H3,(H2,27,28)(H,29,30);9,17H,8,10-12H2,1-7H3;1-4,11-12H,(H2,9,10);4H,1-3H3. The van der Waals surface area contributed by atoms with Gasteiger partial charge in [0.05, 0.1) is 30.0 Å². The first kappa shape index (κ1) is 91.6. The number of hydrogen-bond donors (Lipinski definition) is 6. The molecule has 590 valence electrons. The van der Waals surface area contributed by atoms with Gasteiger partial charge in [-0.05, 0) is 247 Å². The molecule has 9 N–H and O–H groups in total. The second-order valence-electron chi connectivity index (χ2n) is 33.7. The molecule has 3 atom stereocenters. The molecule has 6 aromatic rings. The number of carboxylic acid groups (broad SMARTS) is 1. The van der Waals surface area contributed by atoms with Crippen LogP contribution in [0, 0.1) is 42.9 Å². The number of aryl methyl sites for hydroxylation is 3. The van der Waals surface area contributed by atoms with Crippen LogP contribution in [0.3, 0.4) is 0 Å². The van der Waals surface area contributed by atoms with E-state index < -0.39 is 65.9 Å². The molecule has 3 unspecified atom stereocenters. The lowest BCUT2D eigenvalue weighted by atomic mass is 9.76. The van der Waals surface area contributed by atoms with Crippen LogP contribution in [0.4, 0.5) is 0 Å². The zero-order valence-electron chi connectivity index (χ0n) is 68.0. The zero-order valence-corrected chi connectivity index (χ0v) is 71.2. The van der Waals surface area contributed by atoms with Gasteiger partial charge >= 0.3 is 25.0 Å². The minimum absolute atomic E-state index is 0.217. The van der Waals surface area contributed by atoms with Crippen LogP contribution in [0.1, 0.15) is 294 Å². The van der Waals surface area contributed by atoms with Crippen LogP contribution in [0.25, 0.3) is 37.6 Å². The summed E-state index contributed by atoms with van der Waals surface area (Å²) in [6.07, 6.45) is 12.9. The number of rotatable bonds is 20. The number of thiophene rings is 3. The van der Waals surface area contributed by atoms with Gasteiger partial charge in [-0.2, -0.15) is 0 Å². The van der Waals surface area contributed by atoms with E-state index in [0.717, 1.165) is 137 Å². The van der Waals surface area contributed by atoms with E-state index in [9.17, 15) is 33.9 Å². The van der Waals surface area contributed by atoms with Gasteiger partial charge in [0.2, 0.25) is 17.7 Å². The Hall–Kier alpha value is -7.05. The average Bonchev–Trinajstić information content (AvgIpc) is 1.61. The van der Waals surface area contributed by atoms with Gasteiger partial charge in [0.25, 0.3) is 0 Å². The molecule has 3 aliphatic carbocycles. The Morgan fingerprint density at radius 2 is 0.806 bits per heavy atom. The number of amides is 3. The highest BCUT2D eigenvalue weighted by Crippen LogP contribution is 2.52. The Balaban J connectivity index is 0.000000265. The fourth-order valence-electron chi connectivity index (χ4n) is 12.5. The first-order valence-electron chi connectivity index (χ1n) is 37.2. The Morgan fingerprint density at radius 3 is 1.11 bits per heavy atom. The normalized spacial score (nSPS) is 16.1. The van der Waals surface area contributed by atoms with E-state index in [2.05, 4.69) is 80.5 Å². The Bertz CT molecular complexity index is 4240. The van der Waals surface area contributed by atoms with Gasteiger partial charge in [-0.25, -0.2) is 14.4 Å². The number of hydrogen-bond acceptors (Lipinski definition) is 16. The number of nitrogens with two attached hydrogens (primary N) is 3. The van der Waals surface area contributed by atoms with E-state index in [1.165, 1.54) is 46.7 Å². The molecule has 22 heteroatoms. The van der Waals surface area contributed by atoms with Gasteiger partial charge in [-0.3, -0.25) is 14.4 Å². The molecule has 0 saturated heterocycles. The van der Waals surface area contributed by atoms with Crippen molar-refractivity contribution in [1.29, 1.82) is 0 Å². The third-order valence-corrected chi connectivity index (χ3v) is 21.6. The van der Waals surface area contributed by atoms with Crippen molar-refractivity contribution in [3.8, 4) is 20.9 Å². The average molecular weight is 1560 g/mol. The molecule has 0 saturated carbocycles. The molecule has 3 heterocycles. The first-order valence-corrected chi connectivity index (χ1v) is 40.0. The minimum Gasteiger partial charge on any atom is -0.479 e. The Labute approximate surface area is 659 Å². The molecule has 0 bridgehead atoms. The van der Waals surface area contributed by atoms with Crippen molar-refractivity contribution in [1.82, 2.24) is 0 Å². The monoisotopic (exact) mass is 1560 g/mol. The molecule has 0 spiro atoms. The van der Waals surface area contributed by atoms with Crippen molar-refractivity contribution in [2.75, 3.05) is 13.2 Å². The number of allylic oxidation sites excluding steroid dienone is 6. The predicted octanol–water partition coefficient (Wildman–Crippen LogP) is 20.0. The third kappa shape index (κ3) is 26.9. The van der Waals surface area contributed by atoms with Crippen molar-refractivity contribution in [3.05, 3.63) is 160 Å². The van der Waals surface area contributed by atoms with Crippen molar-refractivity contribution >= 4 is 111 Å². The van der Waals surface area contributed by atoms with Gasteiger partial charge in [0.15, 0.2) is 18.3 Å². The molecule has 0 aliphatic heterocycles. The summed E-state index contributed by atoms with van der Waals surface area (Å²) >= 11 is 11.3. The second kappa shape index (κ2) is 38.7. The molecular formula is C86H119BClN3O14S3. The number of aliphatic carboxylic acids is 1. The fraction of sp³-hybridized carbons (Fsp3) is 0.512. The highest BCUT2D eigenvalue weighted by Gasteiger charge is 2.40. The van der Waals surface area contributed by atoms with E-state index in [1.54, 1.807) is 47.8 Å². The van der Waals surface area contributed by atoms with Gasteiger partial charge < -0.3 is 56.0 Å². The van der Waals surface area contributed by atoms with Gasteiger partial charge in [-0.1, -0.05) is 129 Å². The number of benzene rings is 3. The molecule has 9 rings (SSSR count). The maximum atomic E-state index is 13.2. The van der Waals surface area contributed by atoms with E-state index in [-0.39, 0.29) is 40.4 Å².